The first-order valence-corrected chi connectivity index (χ1v) is 7.95. The second-order valence-corrected chi connectivity index (χ2v) is 6.38. The van der Waals surface area contributed by atoms with Crippen LogP contribution in [-0.2, 0) is 0 Å². The van der Waals surface area contributed by atoms with Crippen LogP contribution < -0.4 is 16.6 Å². The van der Waals surface area contributed by atoms with Gasteiger partial charge in [-0.05, 0) is 43.7 Å². The number of carbonyl (C=O) groups is 1. The maximum absolute atomic E-state index is 12.3. The van der Waals surface area contributed by atoms with Gasteiger partial charge in [-0.25, -0.2) is 0 Å². The van der Waals surface area contributed by atoms with Gasteiger partial charge in [0.15, 0.2) is 0 Å². The molecule has 0 aromatic heterocycles. The number of carbonyl (C=O) groups excluding carboxylic acids is 1. The number of anilines is 1. The molecule has 1 aliphatic carbocycles. The van der Waals surface area contributed by atoms with Crippen molar-refractivity contribution in [1.29, 1.82) is 0 Å². The molecule has 1 aliphatic rings. The van der Waals surface area contributed by atoms with Gasteiger partial charge >= 0.3 is 0 Å². The van der Waals surface area contributed by atoms with Crippen LogP contribution in [0.15, 0.2) is 18.2 Å². The van der Waals surface area contributed by atoms with Crippen molar-refractivity contribution in [2.45, 2.75) is 46.0 Å². The van der Waals surface area contributed by atoms with Gasteiger partial charge < -0.3 is 10.7 Å². The molecule has 0 saturated heterocycles. The van der Waals surface area contributed by atoms with Crippen molar-refractivity contribution in [1.82, 2.24) is 5.32 Å². The van der Waals surface area contributed by atoms with Crippen molar-refractivity contribution < 1.29 is 4.79 Å². The van der Waals surface area contributed by atoms with Crippen molar-refractivity contribution in [3.63, 3.8) is 0 Å². The van der Waals surface area contributed by atoms with Gasteiger partial charge in [0, 0.05) is 6.54 Å². The van der Waals surface area contributed by atoms with E-state index in [2.05, 4.69) is 17.7 Å². The topological polar surface area (TPSA) is 67.1 Å². The third kappa shape index (κ3) is 4.46. The highest BCUT2D eigenvalue weighted by Crippen LogP contribution is 2.30. The fourth-order valence-corrected chi connectivity index (χ4v) is 3.28. The van der Waals surface area contributed by atoms with Crippen LogP contribution in [0.3, 0.4) is 0 Å². The zero-order valence-electron chi connectivity index (χ0n) is 13.1. The van der Waals surface area contributed by atoms with Gasteiger partial charge in [-0.15, -0.1) is 0 Å². The molecule has 1 amide bonds. The van der Waals surface area contributed by atoms with Crippen LogP contribution in [0.4, 0.5) is 5.69 Å². The summed E-state index contributed by atoms with van der Waals surface area (Å²) in [5, 5.41) is 3.03. The van der Waals surface area contributed by atoms with E-state index in [0.29, 0.717) is 11.3 Å². The Labute approximate surface area is 127 Å². The molecule has 1 aromatic rings. The molecule has 0 radical (unpaired) electrons. The smallest absolute Gasteiger partial charge is 0.253 e. The first kappa shape index (κ1) is 15.8. The molecule has 0 spiro atoms. The summed E-state index contributed by atoms with van der Waals surface area (Å²) < 4.78 is 0. The second kappa shape index (κ2) is 7.46. The molecule has 0 heterocycles. The molecular formula is C17H27N3O. The average Bonchev–Trinajstić information content (AvgIpc) is 2.47. The van der Waals surface area contributed by atoms with Crippen molar-refractivity contribution in [3.8, 4) is 0 Å². The van der Waals surface area contributed by atoms with Gasteiger partial charge in [-0.3, -0.25) is 10.6 Å². The van der Waals surface area contributed by atoms with Gasteiger partial charge in [0.25, 0.3) is 5.91 Å². The Morgan fingerprint density at radius 2 is 2.19 bits per heavy atom. The van der Waals surface area contributed by atoms with E-state index in [0.717, 1.165) is 30.4 Å². The van der Waals surface area contributed by atoms with E-state index in [1.807, 2.05) is 25.1 Å². The van der Waals surface area contributed by atoms with Crippen LogP contribution in [0.5, 0.6) is 0 Å². The highest BCUT2D eigenvalue weighted by molar-refractivity contribution is 5.99. The number of rotatable bonds is 5. The molecule has 4 N–H and O–H groups in total. The summed E-state index contributed by atoms with van der Waals surface area (Å²) >= 11 is 0. The quantitative estimate of drug-likeness (QED) is 0.576. The van der Waals surface area contributed by atoms with E-state index < -0.39 is 0 Å². The summed E-state index contributed by atoms with van der Waals surface area (Å²) in [6.07, 6.45) is 6.38. The number of benzene rings is 1. The van der Waals surface area contributed by atoms with Crippen molar-refractivity contribution >= 4 is 11.6 Å². The predicted octanol–water partition coefficient (Wildman–Crippen LogP) is 3.23. The minimum atomic E-state index is -0.0458. The molecule has 2 unspecified atom stereocenters. The van der Waals surface area contributed by atoms with Gasteiger partial charge in [-0.1, -0.05) is 37.8 Å². The van der Waals surface area contributed by atoms with Crippen molar-refractivity contribution in [2.75, 3.05) is 12.0 Å². The first-order valence-electron chi connectivity index (χ1n) is 7.95. The van der Waals surface area contributed by atoms with Crippen LogP contribution in [0.2, 0.25) is 0 Å². The molecule has 2 rings (SSSR count). The van der Waals surface area contributed by atoms with Crippen molar-refractivity contribution in [3.05, 3.63) is 29.3 Å². The van der Waals surface area contributed by atoms with Gasteiger partial charge in [-0.2, -0.15) is 0 Å². The highest BCUT2D eigenvalue weighted by atomic mass is 16.1. The molecule has 116 valence electrons. The van der Waals surface area contributed by atoms with Gasteiger partial charge in [0.2, 0.25) is 0 Å². The minimum Gasteiger partial charge on any atom is -0.352 e. The van der Waals surface area contributed by atoms with E-state index >= 15 is 0 Å². The molecule has 1 aromatic carbocycles. The summed E-state index contributed by atoms with van der Waals surface area (Å²) in [7, 11) is 0. The Morgan fingerprint density at radius 1 is 1.38 bits per heavy atom. The van der Waals surface area contributed by atoms with Crippen LogP contribution >= 0.6 is 0 Å². The first-order chi connectivity index (χ1) is 10.1. The minimum absolute atomic E-state index is 0.0458. The fraction of sp³-hybridized carbons (Fsp3) is 0.588. The van der Waals surface area contributed by atoms with Gasteiger partial charge in [0.1, 0.15) is 0 Å². The largest absolute Gasteiger partial charge is 0.352 e. The molecule has 0 bridgehead atoms. The lowest BCUT2D eigenvalue weighted by atomic mass is 9.81. The Hall–Kier alpha value is -1.55. The van der Waals surface area contributed by atoms with Gasteiger partial charge in [0.05, 0.1) is 11.3 Å². The maximum atomic E-state index is 12.3. The molecule has 4 heteroatoms. The van der Waals surface area contributed by atoms with Crippen LogP contribution in [0, 0.1) is 18.8 Å². The Morgan fingerprint density at radius 3 is 2.90 bits per heavy atom. The summed E-state index contributed by atoms with van der Waals surface area (Å²) in [5.41, 5.74) is 4.93. The number of nitrogen functional groups attached to an aromatic ring is 1. The Bertz CT molecular complexity index is 487. The average molecular weight is 289 g/mol. The number of amides is 1. The van der Waals surface area contributed by atoms with E-state index in [4.69, 9.17) is 5.84 Å². The molecule has 21 heavy (non-hydrogen) atoms. The van der Waals surface area contributed by atoms with E-state index in [-0.39, 0.29) is 5.91 Å². The molecule has 4 nitrogen and oxygen atoms in total. The Kier molecular flexibility index (Phi) is 5.62. The number of hydrogen-bond donors (Lipinski definition) is 3. The zero-order chi connectivity index (χ0) is 15.2. The van der Waals surface area contributed by atoms with E-state index in [1.54, 1.807) is 0 Å². The zero-order valence-corrected chi connectivity index (χ0v) is 13.1. The number of hydrazine groups is 1. The summed E-state index contributed by atoms with van der Waals surface area (Å²) in [6, 6.07) is 5.65. The van der Waals surface area contributed by atoms with Crippen LogP contribution in [0.1, 0.15) is 54.9 Å². The molecule has 1 fully saturated rings. The maximum Gasteiger partial charge on any atom is 0.253 e. The SMILES string of the molecule is Cc1ccc(NN)c(C(=O)NCCC2CCCC(C)C2)c1. The highest BCUT2D eigenvalue weighted by Gasteiger charge is 2.19. The number of nitrogens with two attached hydrogens (primary N) is 1. The summed E-state index contributed by atoms with van der Waals surface area (Å²) in [4.78, 5) is 12.3. The molecular weight excluding hydrogens is 262 g/mol. The summed E-state index contributed by atoms with van der Waals surface area (Å²) in [6.45, 7) is 5.05. The standard InChI is InChI=1S/C17H27N3O/c1-12-4-3-5-14(10-12)8-9-19-17(21)15-11-13(2)6-7-16(15)20-18/h6-7,11-12,14,20H,3-5,8-10,18H2,1-2H3,(H,19,21). The fourth-order valence-electron chi connectivity index (χ4n) is 3.28. The number of aryl methyl sites for hydroxylation is 1. The molecule has 1 saturated carbocycles. The lowest BCUT2D eigenvalue weighted by Gasteiger charge is -2.26. The van der Waals surface area contributed by atoms with Crippen LogP contribution in [-0.4, -0.2) is 12.5 Å². The lowest BCUT2D eigenvalue weighted by Crippen LogP contribution is -2.28. The lowest BCUT2D eigenvalue weighted by molar-refractivity contribution is 0.0950. The molecule has 2 atom stereocenters. The van der Waals surface area contributed by atoms with E-state index in [1.165, 1.54) is 25.7 Å². The Balaban J connectivity index is 1.85. The third-order valence-electron chi connectivity index (χ3n) is 4.46. The van der Waals surface area contributed by atoms with Crippen LogP contribution in [0.25, 0.3) is 0 Å². The predicted molar refractivity (Wildman–Crippen MR) is 87.1 cm³/mol. The molecule has 0 aliphatic heterocycles. The number of nitrogens with one attached hydrogen (secondary N) is 2. The summed E-state index contributed by atoms with van der Waals surface area (Å²) in [5.74, 6) is 7.02. The second-order valence-electron chi connectivity index (χ2n) is 6.38. The third-order valence-corrected chi connectivity index (χ3v) is 4.46. The normalized spacial score (nSPS) is 21.9. The number of hydrogen-bond acceptors (Lipinski definition) is 3. The van der Waals surface area contributed by atoms with Crippen molar-refractivity contribution in [2.24, 2.45) is 17.7 Å². The monoisotopic (exact) mass is 289 g/mol. The van der Waals surface area contributed by atoms with E-state index in [9.17, 15) is 4.79 Å².